The van der Waals surface area contributed by atoms with E-state index in [4.69, 9.17) is 4.74 Å². The number of hydrogen-bond acceptors (Lipinski definition) is 3. The molecule has 136 valence electrons. The SMILES string of the molecule is CN1CCC(N(C)C(=O)c2ccc(-c3ccc4c(c3)CCO4)cc2)CC1. The predicted molar refractivity (Wildman–Crippen MR) is 104 cm³/mol. The summed E-state index contributed by atoms with van der Waals surface area (Å²) in [6.45, 7) is 2.89. The number of nitrogens with zero attached hydrogens (tertiary/aromatic N) is 2. The van der Waals surface area contributed by atoms with Gasteiger partial charge >= 0.3 is 0 Å². The second-order valence-electron chi connectivity index (χ2n) is 7.45. The van der Waals surface area contributed by atoms with Gasteiger partial charge in [0.1, 0.15) is 5.75 Å². The number of hydrogen-bond donors (Lipinski definition) is 0. The summed E-state index contributed by atoms with van der Waals surface area (Å²) in [6, 6.07) is 14.7. The van der Waals surface area contributed by atoms with E-state index in [1.807, 2.05) is 42.3 Å². The summed E-state index contributed by atoms with van der Waals surface area (Å²) < 4.78 is 5.58. The lowest BCUT2D eigenvalue weighted by molar-refractivity contribution is 0.0659. The van der Waals surface area contributed by atoms with E-state index in [0.29, 0.717) is 6.04 Å². The summed E-state index contributed by atoms with van der Waals surface area (Å²) in [5.74, 6) is 1.12. The van der Waals surface area contributed by atoms with Gasteiger partial charge in [0.05, 0.1) is 6.61 Å². The van der Waals surface area contributed by atoms with Gasteiger partial charge in [-0.25, -0.2) is 0 Å². The van der Waals surface area contributed by atoms with Crippen molar-refractivity contribution in [3.63, 3.8) is 0 Å². The summed E-state index contributed by atoms with van der Waals surface area (Å²) >= 11 is 0. The molecule has 4 nitrogen and oxygen atoms in total. The Morgan fingerprint density at radius 1 is 1.08 bits per heavy atom. The first-order valence-corrected chi connectivity index (χ1v) is 9.44. The summed E-state index contributed by atoms with van der Waals surface area (Å²) in [5, 5.41) is 0. The lowest BCUT2D eigenvalue weighted by Gasteiger charge is -2.35. The molecule has 0 unspecified atom stereocenters. The maximum Gasteiger partial charge on any atom is 0.253 e. The third kappa shape index (κ3) is 3.34. The lowest BCUT2D eigenvalue weighted by Crippen LogP contribution is -2.44. The zero-order chi connectivity index (χ0) is 18.1. The Hall–Kier alpha value is -2.33. The van der Waals surface area contributed by atoms with Gasteiger partial charge in [-0.1, -0.05) is 18.2 Å². The van der Waals surface area contributed by atoms with E-state index in [-0.39, 0.29) is 5.91 Å². The van der Waals surface area contributed by atoms with Crippen LogP contribution < -0.4 is 4.74 Å². The van der Waals surface area contributed by atoms with Crippen LogP contribution in [-0.2, 0) is 6.42 Å². The first-order chi connectivity index (χ1) is 12.6. The van der Waals surface area contributed by atoms with Crippen molar-refractivity contribution in [2.75, 3.05) is 33.8 Å². The van der Waals surface area contributed by atoms with Gasteiger partial charge in [-0.2, -0.15) is 0 Å². The van der Waals surface area contributed by atoms with E-state index in [1.165, 1.54) is 11.1 Å². The maximum absolute atomic E-state index is 12.8. The first kappa shape index (κ1) is 17.1. The Morgan fingerprint density at radius 2 is 1.77 bits per heavy atom. The number of piperidine rings is 1. The van der Waals surface area contributed by atoms with E-state index >= 15 is 0 Å². The second kappa shape index (κ2) is 7.12. The number of carbonyl (C=O) groups is 1. The zero-order valence-corrected chi connectivity index (χ0v) is 15.6. The van der Waals surface area contributed by atoms with E-state index < -0.39 is 0 Å². The third-order valence-corrected chi connectivity index (χ3v) is 5.71. The molecule has 26 heavy (non-hydrogen) atoms. The second-order valence-corrected chi connectivity index (χ2v) is 7.45. The molecule has 0 aliphatic carbocycles. The Kier molecular flexibility index (Phi) is 4.68. The predicted octanol–water partition coefficient (Wildman–Crippen LogP) is 3.45. The van der Waals surface area contributed by atoms with E-state index in [2.05, 4.69) is 24.1 Å². The molecule has 1 fully saturated rings. The van der Waals surface area contributed by atoms with Gasteiger partial charge in [0.2, 0.25) is 0 Å². The highest BCUT2D eigenvalue weighted by atomic mass is 16.5. The average Bonchev–Trinajstić information content (AvgIpc) is 3.15. The molecule has 1 saturated heterocycles. The Morgan fingerprint density at radius 3 is 2.50 bits per heavy atom. The van der Waals surface area contributed by atoms with Crippen LogP contribution in [-0.4, -0.2) is 55.5 Å². The minimum Gasteiger partial charge on any atom is -0.493 e. The van der Waals surface area contributed by atoms with Crippen molar-refractivity contribution in [1.29, 1.82) is 0 Å². The van der Waals surface area contributed by atoms with E-state index in [9.17, 15) is 4.79 Å². The summed E-state index contributed by atoms with van der Waals surface area (Å²) in [4.78, 5) is 17.1. The van der Waals surface area contributed by atoms with Crippen LogP contribution in [0.15, 0.2) is 42.5 Å². The van der Waals surface area contributed by atoms with Crippen LogP contribution in [0.3, 0.4) is 0 Å². The summed E-state index contributed by atoms with van der Waals surface area (Å²) in [5.41, 5.74) is 4.35. The smallest absolute Gasteiger partial charge is 0.253 e. The molecule has 0 N–H and O–H groups in total. The highest BCUT2D eigenvalue weighted by Crippen LogP contribution is 2.30. The average molecular weight is 350 g/mol. The van der Waals surface area contributed by atoms with E-state index in [0.717, 1.165) is 55.8 Å². The first-order valence-electron chi connectivity index (χ1n) is 9.44. The Bertz CT molecular complexity index is 792. The fourth-order valence-corrected chi connectivity index (χ4v) is 3.92. The van der Waals surface area contributed by atoms with Crippen molar-refractivity contribution in [3.8, 4) is 16.9 Å². The lowest BCUT2D eigenvalue weighted by atomic mass is 9.99. The van der Waals surface area contributed by atoms with Crippen molar-refractivity contribution in [1.82, 2.24) is 9.80 Å². The number of fused-ring (bicyclic) bond motifs is 1. The van der Waals surface area contributed by atoms with Gasteiger partial charge in [0.15, 0.2) is 0 Å². The van der Waals surface area contributed by atoms with Gasteiger partial charge in [-0.3, -0.25) is 4.79 Å². The molecule has 0 saturated carbocycles. The zero-order valence-electron chi connectivity index (χ0n) is 15.6. The molecule has 2 aromatic carbocycles. The topological polar surface area (TPSA) is 32.8 Å². The van der Waals surface area contributed by atoms with Gasteiger partial charge in [0.25, 0.3) is 5.91 Å². The third-order valence-electron chi connectivity index (χ3n) is 5.71. The molecule has 4 heteroatoms. The van der Waals surface area contributed by atoms with Crippen LogP contribution in [0.4, 0.5) is 0 Å². The van der Waals surface area contributed by atoms with Gasteiger partial charge in [0, 0.05) is 25.1 Å². The summed E-state index contributed by atoms with van der Waals surface area (Å²) in [6.07, 6.45) is 3.07. The number of ether oxygens (including phenoxy) is 1. The van der Waals surface area contributed by atoms with Crippen molar-refractivity contribution in [2.45, 2.75) is 25.3 Å². The van der Waals surface area contributed by atoms with Gasteiger partial charge in [-0.05, 0) is 73.9 Å². The minimum atomic E-state index is 0.119. The van der Waals surface area contributed by atoms with Crippen LogP contribution in [0.25, 0.3) is 11.1 Å². The molecule has 2 aliphatic heterocycles. The molecule has 1 amide bonds. The van der Waals surface area contributed by atoms with Crippen LogP contribution >= 0.6 is 0 Å². The number of likely N-dealkylation sites (tertiary alicyclic amines) is 1. The normalized spacial score (nSPS) is 17.6. The van der Waals surface area contributed by atoms with Crippen molar-refractivity contribution >= 4 is 5.91 Å². The molecule has 0 atom stereocenters. The van der Waals surface area contributed by atoms with Gasteiger partial charge in [-0.15, -0.1) is 0 Å². The van der Waals surface area contributed by atoms with Crippen LogP contribution in [0.1, 0.15) is 28.8 Å². The molecule has 2 aliphatic rings. The molecule has 0 bridgehead atoms. The molecule has 0 aromatic heterocycles. The maximum atomic E-state index is 12.8. The van der Waals surface area contributed by atoms with Crippen LogP contribution in [0, 0.1) is 0 Å². The number of rotatable bonds is 3. The number of amides is 1. The molecular weight excluding hydrogens is 324 g/mol. The number of benzene rings is 2. The fraction of sp³-hybridized carbons (Fsp3) is 0.409. The monoisotopic (exact) mass is 350 g/mol. The highest BCUT2D eigenvalue weighted by molar-refractivity contribution is 5.94. The summed E-state index contributed by atoms with van der Waals surface area (Å²) in [7, 11) is 4.08. The minimum absolute atomic E-state index is 0.119. The van der Waals surface area contributed by atoms with Crippen molar-refractivity contribution in [3.05, 3.63) is 53.6 Å². The highest BCUT2D eigenvalue weighted by Gasteiger charge is 2.24. The molecule has 2 aromatic rings. The Balaban J connectivity index is 1.48. The largest absolute Gasteiger partial charge is 0.493 e. The van der Waals surface area contributed by atoms with Crippen LogP contribution in [0.5, 0.6) is 5.75 Å². The molecule has 2 heterocycles. The Labute approximate surface area is 155 Å². The molecular formula is C22H26N2O2. The van der Waals surface area contributed by atoms with Crippen molar-refractivity contribution < 1.29 is 9.53 Å². The van der Waals surface area contributed by atoms with Crippen LogP contribution in [0.2, 0.25) is 0 Å². The van der Waals surface area contributed by atoms with E-state index in [1.54, 1.807) is 0 Å². The molecule has 4 rings (SSSR count). The molecule has 0 spiro atoms. The quantitative estimate of drug-likeness (QED) is 0.850. The number of carbonyl (C=O) groups excluding carboxylic acids is 1. The van der Waals surface area contributed by atoms with Gasteiger partial charge < -0.3 is 14.5 Å². The molecule has 0 radical (unpaired) electrons. The standard InChI is InChI=1S/C22H26N2O2/c1-23-12-9-20(10-13-23)24(2)22(25)17-5-3-16(4-6-17)18-7-8-21-19(15-18)11-14-26-21/h3-8,15,20H,9-14H2,1-2H3. The van der Waals surface area contributed by atoms with Crippen molar-refractivity contribution in [2.24, 2.45) is 0 Å². The fourth-order valence-electron chi connectivity index (χ4n) is 3.92.